The molecule has 0 saturated carbocycles. The molecule has 0 aliphatic heterocycles. The summed E-state index contributed by atoms with van der Waals surface area (Å²) in [6.45, 7) is 9.03. The number of hydrogen-bond donors (Lipinski definition) is 1. The molecule has 1 amide bonds. The van der Waals surface area contributed by atoms with E-state index in [9.17, 15) is 9.59 Å². The Morgan fingerprint density at radius 1 is 1.40 bits per heavy atom. The highest BCUT2D eigenvalue weighted by atomic mass is 16.4. The standard InChI is InChI=1S/C15H22N2O3/c1-10-6-7-16-12(8-10)17(9-11(2)13(18)19)14(20)15(3,4)5/h6-8,11H,9H2,1-5H3,(H,18,19). The third kappa shape index (κ3) is 4.05. The van der Waals surface area contributed by atoms with E-state index in [-0.39, 0.29) is 12.5 Å². The van der Waals surface area contributed by atoms with E-state index in [0.29, 0.717) is 5.82 Å². The summed E-state index contributed by atoms with van der Waals surface area (Å²) in [6.07, 6.45) is 1.62. The van der Waals surface area contributed by atoms with Gasteiger partial charge < -0.3 is 5.11 Å². The molecule has 0 bridgehead atoms. The fraction of sp³-hybridized carbons (Fsp3) is 0.533. The first kappa shape index (κ1) is 16.1. The van der Waals surface area contributed by atoms with Crippen molar-refractivity contribution >= 4 is 17.7 Å². The second kappa shape index (κ2) is 6.03. The summed E-state index contributed by atoms with van der Waals surface area (Å²) in [4.78, 5) is 29.2. The second-order valence-corrected chi connectivity index (χ2v) is 6.10. The van der Waals surface area contributed by atoms with Crippen LogP contribution in [-0.4, -0.2) is 28.5 Å². The number of nitrogens with zero attached hydrogens (tertiary/aromatic N) is 2. The number of aliphatic carboxylic acids is 1. The Morgan fingerprint density at radius 2 is 2.00 bits per heavy atom. The minimum atomic E-state index is -0.927. The van der Waals surface area contributed by atoms with Gasteiger partial charge in [0, 0.05) is 18.2 Å². The van der Waals surface area contributed by atoms with Crippen molar-refractivity contribution in [2.75, 3.05) is 11.4 Å². The molecule has 1 aromatic rings. The quantitative estimate of drug-likeness (QED) is 0.918. The lowest BCUT2D eigenvalue weighted by molar-refractivity contribution is -0.140. The number of carbonyl (C=O) groups excluding carboxylic acids is 1. The first-order chi connectivity index (χ1) is 9.12. The van der Waals surface area contributed by atoms with Gasteiger partial charge in [-0.3, -0.25) is 14.5 Å². The van der Waals surface area contributed by atoms with Crippen molar-refractivity contribution in [1.82, 2.24) is 4.98 Å². The Hall–Kier alpha value is -1.91. The van der Waals surface area contributed by atoms with Crippen LogP contribution < -0.4 is 4.90 Å². The topological polar surface area (TPSA) is 70.5 Å². The molecule has 0 aliphatic carbocycles. The van der Waals surface area contributed by atoms with Gasteiger partial charge in [0.1, 0.15) is 5.82 Å². The maximum atomic E-state index is 12.5. The zero-order chi connectivity index (χ0) is 15.5. The van der Waals surface area contributed by atoms with Crippen LogP contribution >= 0.6 is 0 Å². The van der Waals surface area contributed by atoms with Crippen LogP contribution in [0.15, 0.2) is 18.3 Å². The van der Waals surface area contributed by atoms with E-state index in [0.717, 1.165) is 5.56 Å². The molecule has 1 N–H and O–H groups in total. The number of rotatable bonds is 4. The minimum Gasteiger partial charge on any atom is -0.481 e. The molecule has 0 spiro atoms. The van der Waals surface area contributed by atoms with Gasteiger partial charge in [0.05, 0.1) is 5.92 Å². The predicted octanol–water partition coefficient (Wildman–Crippen LogP) is 2.49. The summed E-state index contributed by atoms with van der Waals surface area (Å²) < 4.78 is 0. The minimum absolute atomic E-state index is 0.113. The fourth-order valence-corrected chi connectivity index (χ4v) is 1.71. The number of carbonyl (C=O) groups is 2. The van der Waals surface area contributed by atoms with Gasteiger partial charge in [0.15, 0.2) is 0 Å². The Balaban J connectivity index is 3.14. The van der Waals surface area contributed by atoms with E-state index in [1.807, 2.05) is 33.8 Å². The summed E-state index contributed by atoms with van der Waals surface area (Å²) in [5.74, 6) is -1.21. The van der Waals surface area contributed by atoms with Gasteiger partial charge in [0.25, 0.3) is 0 Å². The highest BCUT2D eigenvalue weighted by Gasteiger charge is 2.31. The van der Waals surface area contributed by atoms with E-state index in [4.69, 9.17) is 5.11 Å². The van der Waals surface area contributed by atoms with Gasteiger partial charge >= 0.3 is 5.97 Å². The zero-order valence-corrected chi connectivity index (χ0v) is 12.7. The summed E-state index contributed by atoms with van der Waals surface area (Å²) in [7, 11) is 0. The Labute approximate surface area is 119 Å². The van der Waals surface area contributed by atoms with Gasteiger partial charge in [-0.25, -0.2) is 4.98 Å². The molecular weight excluding hydrogens is 256 g/mol. The molecule has 0 saturated heterocycles. The third-order valence-corrected chi connectivity index (χ3v) is 2.94. The molecule has 0 fully saturated rings. The Kier molecular flexibility index (Phi) is 4.87. The van der Waals surface area contributed by atoms with Crippen molar-refractivity contribution in [2.45, 2.75) is 34.6 Å². The van der Waals surface area contributed by atoms with E-state index in [1.54, 1.807) is 19.2 Å². The number of aromatic nitrogens is 1. The summed E-state index contributed by atoms with van der Waals surface area (Å²) in [5.41, 5.74) is 0.383. The lowest BCUT2D eigenvalue weighted by atomic mass is 9.94. The number of carboxylic acid groups (broad SMARTS) is 1. The molecule has 110 valence electrons. The number of amides is 1. The van der Waals surface area contributed by atoms with Crippen molar-refractivity contribution in [1.29, 1.82) is 0 Å². The predicted molar refractivity (Wildman–Crippen MR) is 77.6 cm³/mol. The van der Waals surface area contributed by atoms with Crippen LogP contribution in [0.25, 0.3) is 0 Å². The molecule has 1 unspecified atom stereocenters. The first-order valence-corrected chi connectivity index (χ1v) is 6.60. The van der Waals surface area contributed by atoms with Gasteiger partial charge in [-0.05, 0) is 24.6 Å². The number of pyridine rings is 1. The normalized spacial score (nSPS) is 12.8. The lowest BCUT2D eigenvalue weighted by Gasteiger charge is -2.30. The lowest BCUT2D eigenvalue weighted by Crippen LogP contribution is -2.43. The highest BCUT2D eigenvalue weighted by molar-refractivity contribution is 5.96. The number of carboxylic acids is 1. The Bertz CT molecular complexity index is 506. The van der Waals surface area contributed by atoms with Gasteiger partial charge in [-0.1, -0.05) is 27.7 Å². The summed E-state index contributed by atoms with van der Waals surface area (Å²) in [6, 6.07) is 3.63. The van der Waals surface area contributed by atoms with Crippen LogP contribution in [-0.2, 0) is 9.59 Å². The molecule has 5 nitrogen and oxygen atoms in total. The van der Waals surface area contributed by atoms with Gasteiger partial charge in [0.2, 0.25) is 5.91 Å². The Morgan fingerprint density at radius 3 is 2.45 bits per heavy atom. The molecule has 0 radical (unpaired) electrons. The number of anilines is 1. The highest BCUT2D eigenvalue weighted by Crippen LogP contribution is 2.23. The largest absolute Gasteiger partial charge is 0.481 e. The smallest absolute Gasteiger partial charge is 0.308 e. The van der Waals surface area contributed by atoms with E-state index in [1.165, 1.54) is 4.90 Å². The molecule has 1 aromatic heterocycles. The summed E-state index contributed by atoms with van der Waals surface area (Å²) in [5, 5.41) is 9.06. The van der Waals surface area contributed by atoms with Crippen LogP contribution in [0.1, 0.15) is 33.3 Å². The van der Waals surface area contributed by atoms with Crippen molar-refractivity contribution in [2.24, 2.45) is 11.3 Å². The number of hydrogen-bond acceptors (Lipinski definition) is 3. The maximum absolute atomic E-state index is 12.5. The molecule has 0 aromatic carbocycles. The monoisotopic (exact) mass is 278 g/mol. The average Bonchev–Trinajstić information content (AvgIpc) is 2.33. The van der Waals surface area contributed by atoms with Crippen LogP contribution in [0.5, 0.6) is 0 Å². The molecule has 1 rings (SSSR count). The SMILES string of the molecule is Cc1ccnc(N(CC(C)C(=O)O)C(=O)C(C)(C)C)c1. The first-order valence-electron chi connectivity index (χ1n) is 6.60. The van der Waals surface area contributed by atoms with Crippen LogP contribution in [0.3, 0.4) is 0 Å². The van der Waals surface area contributed by atoms with Gasteiger partial charge in [-0.2, -0.15) is 0 Å². The van der Waals surface area contributed by atoms with Crippen LogP contribution in [0, 0.1) is 18.3 Å². The third-order valence-electron chi connectivity index (χ3n) is 2.94. The van der Waals surface area contributed by atoms with E-state index >= 15 is 0 Å². The summed E-state index contributed by atoms with van der Waals surface area (Å²) >= 11 is 0. The molecule has 5 heteroatoms. The van der Waals surface area contributed by atoms with Crippen LogP contribution in [0.2, 0.25) is 0 Å². The molecule has 1 heterocycles. The second-order valence-electron chi connectivity index (χ2n) is 6.10. The van der Waals surface area contributed by atoms with Crippen LogP contribution in [0.4, 0.5) is 5.82 Å². The van der Waals surface area contributed by atoms with E-state index in [2.05, 4.69) is 4.98 Å². The molecular formula is C15H22N2O3. The maximum Gasteiger partial charge on any atom is 0.308 e. The van der Waals surface area contributed by atoms with Crippen molar-refractivity contribution in [3.8, 4) is 0 Å². The van der Waals surface area contributed by atoms with Gasteiger partial charge in [-0.15, -0.1) is 0 Å². The van der Waals surface area contributed by atoms with Crippen molar-refractivity contribution in [3.05, 3.63) is 23.9 Å². The molecule has 1 atom stereocenters. The fourth-order valence-electron chi connectivity index (χ4n) is 1.71. The zero-order valence-electron chi connectivity index (χ0n) is 12.7. The average molecular weight is 278 g/mol. The molecule has 0 aliphatic rings. The molecule has 20 heavy (non-hydrogen) atoms. The number of aryl methyl sites for hydroxylation is 1. The van der Waals surface area contributed by atoms with Crippen molar-refractivity contribution < 1.29 is 14.7 Å². The van der Waals surface area contributed by atoms with E-state index < -0.39 is 17.3 Å². The van der Waals surface area contributed by atoms with Crippen molar-refractivity contribution in [3.63, 3.8) is 0 Å².